The summed E-state index contributed by atoms with van der Waals surface area (Å²) in [6.07, 6.45) is -0.233. The van der Waals surface area contributed by atoms with Crippen LogP contribution < -0.4 is 10.2 Å². The molecule has 0 aromatic heterocycles. The van der Waals surface area contributed by atoms with Gasteiger partial charge >= 0.3 is 7.12 Å². The van der Waals surface area contributed by atoms with Crippen LogP contribution in [0.4, 0.5) is 8.78 Å². The largest absolute Gasteiger partial charge is 0.494 e. The zero-order chi connectivity index (χ0) is 17.3. The van der Waals surface area contributed by atoms with E-state index in [-0.39, 0.29) is 17.3 Å². The molecule has 7 heteroatoms. The number of halogens is 2. The molecule has 22 heavy (non-hydrogen) atoms. The predicted molar refractivity (Wildman–Crippen MR) is 81.2 cm³/mol. The van der Waals surface area contributed by atoms with Crippen LogP contribution in [0.5, 0.6) is 5.75 Å². The lowest BCUT2D eigenvalue weighted by atomic mass is 9.76. The first kappa shape index (κ1) is 18.9. The Labute approximate surface area is 130 Å². The van der Waals surface area contributed by atoms with Crippen LogP contribution in [0.1, 0.15) is 41.5 Å². The van der Waals surface area contributed by atoms with Gasteiger partial charge in [-0.25, -0.2) is 8.78 Å². The molecule has 0 radical (unpaired) electrons. The minimum Gasteiger partial charge on any atom is -0.491 e. The summed E-state index contributed by atoms with van der Waals surface area (Å²) in [6.45, 7) is 9.55. The summed E-state index contributed by atoms with van der Waals surface area (Å²) in [4.78, 5) is 0. The lowest BCUT2D eigenvalue weighted by Crippen LogP contribution is -2.53. The van der Waals surface area contributed by atoms with Crippen molar-refractivity contribution in [1.82, 2.24) is 0 Å². The Kier molecular flexibility index (Phi) is 5.59. The summed E-state index contributed by atoms with van der Waals surface area (Å²) in [5.74, 6) is -2.26. The van der Waals surface area contributed by atoms with E-state index in [9.17, 15) is 18.9 Å². The Morgan fingerprint density at radius 1 is 1.14 bits per heavy atom. The first-order chi connectivity index (χ1) is 9.85. The van der Waals surface area contributed by atoms with E-state index in [1.165, 1.54) is 19.9 Å². The van der Waals surface area contributed by atoms with E-state index in [1.54, 1.807) is 27.7 Å². The van der Waals surface area contributed by atoms with Gasteiger partial charge in [-0.1, -0.05) is 0 Å². The molecule has 0 unspecified atom stereocenters. The summed E-state index contributed by atoms with van der Waals surface area (Å²) < 4.78 is 38.2. The number of rotatable bonds is 6. The fourth-order valence-corrected chi connectivity index (χ4v) is 1.59. The molecule has 0 amide bonds. The van der Waals surface area contributed by atoms with Crippen molar-refractivity contribution in [2.45, 2.75) is 58.8 Å². The molecule has 0 saturated carbocycles. The van der Waals surface area contributed by atoms with E-state index in [4.69, 9.17) is 9.39 Å². The van der Waals surface area contributed by atoms with Crippen LogP contribution in [0.3, 0.4) is 0 Å². The zero-order valence-corrected chi connectivity index (χ0v) is 13.8. The summed E-state index contributed by atoms with van der Waals surface area (Å²) >= 11 is 0. The molecule has 0 atom stereocenters. The molecule has 0 aliphatic rings. The summed E-state index contributed by atoms with van der Waals surface area (Å²) in [6, 6.07) is 2.09. The van der Waals surface area contributed by atoms with Gasteiger partial charge in [0.2, 0.25) is 0 Å². The molecule has 0 saturated heterocycles. The summed E-state index contributed by atoms with van der Waals surface area (Å²) in [7, 11) is -1.74. The van der Waals surface area contributed by atoms with Crippen LogP contribution >= 0.6 is 0 Å². The molecule has 0 aliphatic carbocycles. The maximum absolute atomic E-state index is 13.9. The van der Waals surface area contributed by atoms with Crippen molar-refractivity contribution in [3.63, 3.8) is 0 Å². The lowest BCUT2D eigenvalue weighted by molar-refractivity contribution is -0.0983. The zero-order valence-electron chi connectivity index (χ0n) is 13.8. The fraction of sp³-hybridized carbons (Fsp3) is 0.600. The maximum Gasteiger partial charge on any atom is 0.494 e. The molecular weight excluding hydrogens is 293 g/mol. The highest BCUT2D eigenvalue weighted by Gasteiger charge is 2.40. The molecule has 0 aliphatic heterocycles. The van der Waals surface area contributed by atoms with Crippen molar-refractivity contribution in [1.29, 1.82) is 0 Å². The van der Waals surface area contributed by atoms with E-state index in [0.29, 0.717) is 0 Å². The molecule has 0 heterocycles. The van der Waals surface area contributed by atoms with Gasteiger partial charge in [-0.3, -0.25) is 0 Å². The number of aliphatic hydroxyl groups is 1. The third-order valence-electron chi connectivity index (χ3n) is 3.55. The highest BCUT2D eigenvalue weighted by molar-refractivity contribution is 6.60. The van der Waals surface area contributed by atoms with E-state index < -0.39 is 30.0 Å². The van der Waals surface area contributed by atoms with Gasteiger partial charge in [-0.05, 0) is 47.6 Å². The second kappa shape index (κ2) is 6.52. The van der Waals surface area contributed by atoms with E-state index in [2.05, 4.69) is 0 Å². The van der Waals surface area contributed by atoms with Gasteiger partial charge in [0, 0.05) is 11.5 Å². The summed E-state index contributed by atoms with van der Waals surface area (Å²) in [5.41, 5.74) is -2.87. The van der Waals surface area contributed by atoms with Crippen LogP contribution in [0.2, 0.25) is 0 Å². The van der Waals surface area contributed by atoms with Gasteiger partial charge in [-0.15, -0.1) is 0 Å². The van der Waals surface area contributed by atoms with Gasteiger partial charge in [0.15, 0.2) is 11.6 Å². The smallest absolute Gasteiger partial charge is 0.491 e. The Balaban J connectivity index is 3.12. The Hall–Kier alpha value is -1.18. The molecular formula is C15H23BF2O4. The third kappa shape index (κ3) is 4.41. The normalized spacial score (nSPS) is 12.7. The van der Waals surface area contributed by atoms with Crippen molar-refractivity contribution >= 4 is 12.6 Å². The Morgan fingerprint density at radius 3 is 2.14 bits per heavy atom. The van der Waals surface area contributed by atoms with Crippen molar-refractivity contribution < 1.29 is 28.3 Å². The molecule has 1 rings (SSSR count). The van der Waals surface area contributed by atoms with Gasteiger partial charge in [0.1, 0.15) is 5.75 Å². The van der Waals surface area contributed by atoms with Crippen molar-refractivity contribution in [3.05, 3.63) is 23.8 Å². The molecule has 2 N–H and O–H groups in total. The first-order valence-corrected chi connectivity index (χ1v) is 7.09. The van der Waals surface area contributed by atoms with Gasteiger partial charge in [0.05, 0.1) is 17.3 Å². The van der Waals surface area contributed by atoms with Gasteiger partial charge < -0.3 is 19.5 Å². The second-order valence-corrected chi connectivity index (χ2v) is 6.51. The van der Waals surface area contributed by atoms with Crippen molar-refractivity contribution in [2.75, 3.05) is 0 Å². The van der Waals surface area contributed by atoms with Gasteiger partial charge in [0.25, 0.3) is 0 Å². The second-order valence-electron chi connectivity index (χ2n) is 6.51. The molecule has 0 fully saturated rings. The molecule has 1 aromatic rings. The molecule has 124 valence electrons. The minimum absolute atomic E-state index is 0.0904. The van der Waals surface area contributed by atoms with E-state index >= 15 is 0 Å². The van der Waals surface area contributed by atoms with E-state index in [1.807, 2.05) is 0 Å². The highest BCUT2D eigenvalue weighted by atomic mass is 19.2. The van der Waals surface area contributed by atoms with Crippen LogP contribution in [-0.2, 0) is 4.65 Å². The average Bonchev–Trinajstić information content (AvgIpc) is 2.30. The van der Waals surface area contributed by atoms with Crippen molar-refractivity contribution in [2.24, 2.45) is 0 Å². The van der Waals surface area contributed by atoms with Crippen LogP contribution in [-0.4, -0.2) is 34.6 Å². The number of hydrogen-bond donors (Lipinski definition) is 2. The molecule has 0 bridgehead atoms. The molecule has 1 aromatic carbocycles. The monoisotopic (exact) mass is 316 g/mol. The first-order valence-electron chi connectivity index (χ1n) is 7.09. The Morgan fingerprint density at radius 2 is 1.68 bits per heavy atom. The highest BCUT2D eigenvalue weighted by Crippen LogP contribution is 2.26. The quantitative estimate of drug-likeness (QED) is 0.788. The fourth-order valence-electron chi connectivity index (χ4n) is 1.59. The number of ether oxygens (including phenoxy) is 1. The van der Waals surface area contributed by atoms with Crippen LogP contribution in [0.15, 0.2) is 12.1 Å². The topological polar surface area (TPSA) is 58.9 Å². The maximum atomic E-state index is 13.9. The number of benzene rings is 1. The SMILES string of the molecule is CC(C)Oc1cc(F)c(F)c(B(O)OC(C)(C)C(C)(C)O)c1. The van der Waals surface area contributed by atoms with Crippen LogP contribution in [0.25, 0.3) is 0 Å². The standard InChI is InChI=1S/C15H23BF2O4/c1-9(2)21-10-7-11(13(18)12(17)8-10)16(20)22-15(5,6)14(3,4)19/h7-9,19-20H,1-6H3. The molecule has 0 spiro atoms. The predicted octanol–water partition coefficient (Wildman–Crippen LogP) is 2.01. The number of hydrogen-bond acceptors (Lipinski definition) is 4. The summed E-state index contributed by atoms with van der Waals surface area (Å²) in [5, 5.41) is 20.1. The van der Waals surface area contributed by atoms with Crippen LogP contribution in [0, 0.1) is 11.6 Å². The average molecular weight is 316 g/mol. The van der Waals surface area contributed by atoms with E-state index in [0.717, 1.165) is 6.07 Å². The third-order valence-corrected chi connectivity index (χ3v) is 3.55. The van der Waals surface area contributed by atoms with Gasteiger partial charge in [-0.2, -0.15) is 0 Å². The minimum atomic E-state index is -1.74. The van der Waals surface area contributed by atoms with Crippen molar-refractivity contribution in [3.8, 4) is 5.75 Å². The Bertz CT molecular complexity index is 527. The molecule has 4 nitrogen and oxygen atoms in total. The lowest BCUT2D eigenvalue weighted by Gasteiger charge is -2.38.